The Morgan fingerprint density at radius 3 is 2.44 bits per heavy atom. The van der Waals surface area contributed by atoms with Crippen molar-refractivity contribution >= 4 is 10.8 Å². The number of fused-ring (bicyclic) bond motifs is 1. The maximum atomic E-state index is 2.32. The summed E-state index contributed by atoms with van der Waals surface area (Å²) in [6.07, 6.45) is 1.10. The summed E-state index contributed by atoms with van der Waals surface area (Å²) < 4.78 is 0. The summed E-state index contributed by atoms with van der Waals surface area (Å²) in [7, 11) is 0. The van der Waals surface area contributed by atoms with E-state index in [0.717, 1.165) is 6.42 Å². The van der Waals surface area contributed by atoms with E-state index < -0.39 is 0 Å². The molecular formula is C17H15Hf-. The van der Waals surface area contributed by atoms with Crippen LogP contribution in [0, 0.1) is 0 Å². The minimum atomic E-state index is 0. The van der Waals surface area contributed by atoms with E-state index in [9.17, 15) is 0 Å². The van der Waals surface area contributed by atoms with E-state index in [4.69, 9.17) is 0 Å². The van der Waals surface area contributed by atoms with Crippen LogP contribution < -0.4 is 0 Å². The third-order valence-corrected chi connectivity index (χ3v) is 3.30. The second-order valence-corrected chi connectivity index (χ2v) is 4.39. The molecule has 3 rings (SSSR count). The molecule has 0 aromatic heterocycles. The van der Waals surface area contributed by atoms with Gasteiger partial charge in [0, 0.05) is 25.8 Å². The first-order chi connectivity index (χ1) is 8.38. The molecule has 0 atom stereocenters. The maximum Gasteiger partial charge on any atom is 0 e. The van der Waals surface area contributed by atoms with Gasteiger partial charge in [0.2, 0.25) is 0 Å². The number of hydrogen-bond donors (Lipinski definition) is 0. The molecule has 0 saturated carbocycles. The zero-order valence-corrected chi connectivity index (χ0v) is 14.1. The molecule has 0 aliphatic carbocycles. The van der Waals surface area contributed by atoms with Crippen molar-refractivity contribution < 1.29 is 25.8 Å². The third-order valence-electron chi connectivity index (χ3n) is 3.30. The molecule has 0 unspecified atom stereocenters. The number of rotatable bonds is 2. The zero-order valence-electron chi connectivity index (χ0n) is 10.5. The summed E-state index contributed by atoms with van der Waals surface area (Å²) in [5.41, 5.74) is 4.05. The van der Waals surface area contributed by atoms with Crippen molar-refractivity contribution in [3.63, 3.8) is 0 Å². The second kappa shape index (κ2) is 5.71. The van der Waals surface area contributed by atoms with Crippen LogP contribution in [0.1, 0.15) is 12.5 Å². The predicted octanol–water partition coefficient (Wildman–Crippen LogP) is 4.79. The fourth-order valence-corrected chi connectivity index (χ4v) is 2.37. The van der Waals surface area contributed by atoms with Gasteiger partial charge in [-0.05, 0) is 12.0 Å². The first-order valence-corrected chi connectivity index (χ1v) is 6.12. The van der Waals surface area contributed by atoms with Crippen LogP contribution in [0.4, 0.5) is 0 Å². The van der Waals surface area contributed by atoms with Crippen LogP contribution in [0.3, 0.4) is 0 Å². The Kier molecular flexibility index (Phi) is 4.23. The van der Waals surface area contributed by atoms with E-state index in [-0.39, 0.29) is 25.8 Å². The Morgan fingerprint density at radius 2 is 1.72 bits per heavy atom. The minimum Gasteiger partial charge on any atom is -0.164 e. The van der Waals surface area contributed by atoms with E-state index in [1.54, 1.807) is 0 Å². The van der Waals surface area contributed by atoms with Crippen LogP contribution in [0.2, 0.25) is 0 Å². The molecule has 18 heavy (non-hydrogen) atoms. The van der Waals surface area contributed by atoms with Crippen molar-refractivity contribution in [1.29, 1.82) is 0 Å². The molecule has 0 N–H and O–H groups in total. The number of hydrogen-bond acceptors (Lipinski definition) is 0. The summed E-state index contributed by atoms with van der Waals surface area (Å²) in [4.78, 5) is 0. The SMILES string of the molecule is CCc1cc2c(-c3ccccc3)cccc2[cH-]1.[Hf]. The Bertz CT molecular complexity index is 635. The van der Waals surface area contributed by atoms with Crippen molar-refractivity contribution in [1.82, 2.24) is 0 Å². The van der Waals surface area contributed by atoms with Crippen LogP contribution in [-0.2, 0) is 32.3 Å². The number of aryl methyl sites for hydroxylation is 1. The molecule has 3 aromatic carbocycles. The molecule has 0 heterocycles. The zero-order chi connectivity index (χ0) is 11.7. The van der Waals surface area contributed by atoms with Gasteiger partial charge in [-0.3, -0.25) is 0 Å². The van der Waals surface area contributed by atoms with E-state index in [2.05, 4.69) is 67.6 Å². The Balaban J connectivity index is 0.00000120. The van der Waals surface area contributed by atoms with Gasteiger partial charge in [0.1, 0.15) is 0 Å². The molecule has 0 aliphatic rings. The summed E-state index contributed by atoms with van der Waals surface area (Å²) in [6, 6.07) is 21.8. The monoisotopic (exact) mass is 399 g/mol. The Labute approximate surface area is 127 Å². The first-order valence-electron chi connectivity index (χ1n) is 6.12. The topological polar surface area (TPSA) is 0 Å². The van der Waals surface area contributed by atoms with Crippen LogP contribution in [-0.4, -0.2) is 0 Å². The van der Waals surface area contributed by atoms with Crippen molar-refractivity contribution in [2.75, 3.05) is 0 Å². The molecule has 0 bridgehead atoms. The molecule has 0 spiro atoms. The van der Waals surface area contributed by atoms with Gasteiger partial charge in [-0.25, -0.2) is 0 Å². The minimum absolute atomic E-state index is 0. The van der Waals surface area contributed by atoms with Gasteiger partial charge in [-0.15, -0.1) is 34.5 Å². The maximum absolute atomic E-state index is 2.32. The molecule has 0 radical (unpaired) electrons. The molecule has 0 aliphatic heterocycles. The van der Waals surface area contributed by atoms with E-state index in [0.29, 0.717) is 0 Å². The van der Waals surface area contributed by atoms with Gasteiger partial charge in [0.25, 0.3) is 0 Å². The van der Waals surface area contributed by atoms with Gasteiger partial charge < -0.3 is 0 Å². The Morgan fingerprint density at radius 1 is 0.944 bits per heavy atom. The molecule has 0 fully saturated rings. The second-order valence-electron chi connectivity index (χ2n) is 4.39. The molecule has 0 nitrogen and oxygen atoms in total. The van der Waals surface area contributed by atoms with Gasteiger partial charge >= 0.3 is 0 Å². The fraction of sp³-hybridized carbons (Fsp3) is 0.118. The molecule has 3 aromatic rings. The van der Waals surface area contributed by atoms with Gasteiger partial charge in [-0.1, -0.05) is 48.9 Å². The van der Waals surface area contributed by atoms with E-state index in [1.165, 1.54) is 27.5 Å². The van der Waals surface area contributed by atoms with Crippen molar-refractivity contribution in [3.05, 3.63) is 66.2 Å². The molecule has 1 heteroatoms. The smallest absolute Gasteiger partial charge is 0 e. The third kappa shape index (κ3) is 2.37. The van der Waals surface area contributed by atoms with Crippen molar-refractivity contribution in [3.8, 4) is 11.1 Å². The van der Waals surface area contributed by atoms with Gasteiger partial charge in [-0.2, -0.15) is 6.07 Å². The van der Waals surface area contributed by atoms with Crippen molar-refractivity contribution in [2.24, 2.45) is 0 Å². The predicted molar refractivity (Wildman–Crippen MR) is 74.4 cm³/mol. The van der Waals surface area contributed by atoms with Gasteiger partial charge in [0.05, 0.1) is 0 Å². The fourth-order valence-electron chi connectivity index (χ4n) is 2.37. The van der Waals surface area contributed by atoms with Crippen LogP contribution in [0.15, 0.2) is 60.7 Å². The van der Waals surface area contributed by atoms with Crippen LogP contribution in [0.25, 0.3) is 21.9 Å². The quantitative estimate of drug-likeness (QED) is 0.431. The van der Waals surface area contributed by atoms with Crippen LogP contribution >= 0.6 is 0 Å². The summed E-state index contributed by atoms with van der Waals surface area (Å²) >= 11 is 0. The van der Waals surface area contributed by atoms with Crippen LogP contribution in [0.5, 0.6) is 0 Å². The largest absolute Gasteiger partial charge is 0.164 e. The summed E-state index contributed by atoms with van der Waals surface area (Å²) in [5.74, 6) is 0. The molecule has 0 amide bonds. The normalized spacial score (nSPS) is 10.3. The summed E-state index contributed by atoms with van der Waals surface area (Å²) in [5, 5.41) is 2.72. The average Bonchev–Trinajstić information content (AvgIpc) is 2.82. The molecule has 0 saturated heterocycles. The average molecular weight is 398 g/mol. The van der Waals surface area contributed by atoms with E-state index >= 15 is 0 Å². The van der Waals surface area contributed by atoms with E-state index in [1.807, 2.05) is 0 Å². The molecule has 88 valence electrons. The van der Waals surface area contributed by atoms with Gasteiger partial charge in [0.15, 0.2) is 0 Å². The summed E-state index contributed by atoms with van der Waals surface area (Å²) in [6.45, 7) is 2.20. The first kappa shape index (κ1) is 13.4. The molecular weight excluding hydrogens is 383 g/mol. The number of benzene rings is 2. The standard InChI is InChI=1S/C17H15.Hf/c1-2-13-11-15-9-6-10-16(17(15)12-13)14-7-4-3-5-8-14;/h3-12H,2H2,1H3;/q-1;. The Hall–Kier alpha value is -1.08. The van der Waals surface area contributed by atoms with Crippen molar-refractivity contribution in [2.45, 2.75) is 13.3 Å².